The van der Waals surface area contributed by atoms with Crippen molar-refractivity contribution in [2.24, 2.45) is 0 Å². The highest BCUT2D eigenvalue weighted by atomic mass is 32.1. The molecule has 1 N–H and O–H groups in total. The van der Waals surface area contributed by atoms with Gasteiger partial charge >= 0.3 is 0 Å². The van der Waals surface area contributed by atoms with E-state index in [9.17, 15) is 4.79 Å². The molecule has 5 heteroatoms. The van der Waals surface area contributed by atoms with Gasteiger partial charge in [0.2, 0.25) is 0 Å². The predicted octanol–water partition coefficient (Wildman–Crippen LogP) is 5.29. The summed E-state index contributed by atoms with van der Waals surface area (Å²) in [6, 6.07) is 21.4. The van der Waals surface area contributed by atoms with Gasteiger partial charge in [-0.05, 0) is 54.8 Å². The lowest BCUT2D eigenvalue weighted by molar-refractivity contribution is 0.0953. The topological polar surface area (TPSA) is 51.2 Å². The molecule has 0 aliphatic rings. The number of nitrogens with one attached hydrogen (secondary N) is 1. The Morgan fingerprint density at radius 2 is 1.89 bits per heavy atom. The first-order valence-electron chi connectivity index (χ1n) is 9.18. The minimum absolute atomic E-state index is 0.0980. The molecule has 0 aliphatic carbocycles. The number of para-hydroxylation sites is 1. The predicted molar refractivity (Wildman–Crippen MR) is 114 cm³/mol. The molecule has 0 fully saturated rings. The Hall–Kier alpha value is -3.18. The Kier molecular flexibility index (Phi) is 5.35. The fourth-order valence-corrected chi connectivity index (χ4v) is 3.72. The zero-order chi connectivity index (χ0) is 19.3. The third-order valence-electron chi connectivity index (χ3n) is 4.43. The van der Waals surface area contributed by atoms with Gasteiger partial charge in [-0.3, -0.25) is 4.79 Å². The number of hydrogen-bond acceptors (Lipinski definition) is 4. The molecule has 2 aromatic carbocycles. The molecule has 2 heterocycles. The molecule has 140 valence electrons. The van der Waals surface area contributed by atoms with Crippen molar-refractivity contribution in [3.63, 3.8) is 0 Å². The number of benzene rings is 2. The zero-order valence-electron chi connectivity index (χ0n) is 15.5. The Bertz CT molecular complexity index is 1090. The van der Waals surface area contributed by atoms with Crippen molar-refractivity contribution < 1.29 is 9.53 Å². The summed E-state index contributed by atoms with van der Waals surface area (Å²) < 4.78 is 5.51. The van der Waals surface area contributed by atoms with Crippen LogP contribution < -0.4 is 10.1 Å². The normalized spacial score (nSPS) is 10.8. The molecular weight excluding hydrogens is 368 g/mol. The largest absolute Gasteiger partial charge is 0.494 e. The van der Waals surface area contributed by atoms with Crippen molar-refractivity contribution in [2.45, 2.75) is 13.5 Å². The highest BCUT2D eigenvalue weighted by molar-refractivity contribution is 7.09. The van der Waals surface area contributed by atoms with Crippen molar-refractivity contribution in [1.82, 2.24) is 10.3 Å². The third-order valence-corrected chi connectivity index (χ3v) is 5.30. The molecule has 4 rings (SSSR count). The second-order valence-corrected chi connectivity index (χ2v) is 7.32. The van der Waals surface area contributed by atoms with E-state index in [0.717, 1.165) is 32.8 Å². The highest BCUT2D eigenvalue weighted by Crippen LogP contribution is 2.26. The fraction of sp³-hybridized carbons (Fsp3) is 0.130. The van der Waals surface area contributed by atoms with Crippen LogP contribution in [0.5, 0.6) is 5.75 Å². The zero-order valence-corrected chi connectivity index (χ0v) is 16.3. The van der Waals surface area contributed by atoms with Gasteiger partial charge in [0.05, 0.1) is 29.9 Å². The first-order chi connectivity index (χ1) is 13.7. The average molecular weight is 388 g/mol. The maximum Gasteiger partial charge on any atom is 0.252 e. The van der Waals surface area contributed by atoms with Gasteiger partial charge in [-0.15, -0.1) is 11.3 Å². The highest BCUT2D eigenvalue weighted by Gasteiger charge is 2.14. The number of hydrogen-bond donors (Lipinski definition) is 1. The van der Waals surface area contributed by atoms with E-state index in [0.29, 0.717) is 18.7 Å². The molecule has 0 bridgehead atoms. The van der Waals surface area contributed by atoms with Crippen molar-refractivity contribution in [2.75, 3.05) is 6.61 Å². The molecule has 0 atom stereocenters. The molecule has 0 unspecified atom stereocenters. The second kappa shape index (κ2) is 8.23. The summed E-state index contributed by atoms with van der Waals surface area (Å²) in [5.74, 6) is 0.722. The number of nitrogens with zero attached hydrogens (tertiary/aromatic N) is 1. The van der Waals surface area contributed by atoms with Crippen LogP contribution in [-0.4, -0.2) is 17.5 Å². The minimum Gasteiger partial charge on any atom is -0.494 e. The number of thiophene rings is 1. The van der Waals surface area contributed by atoms with Gasteiger partial charge in [-0.25, -0.2) is 4.98 Å². The van der Waals surface area contributed by atoms with Gasteiger partial charge < -0.3 is 10.1 Å². The summed E-state index contributed by atoms with van der Waals surface area (Å²) in [7, 11) is 0. The summed E-state index contributed by atoms with van der Waals surface area (Å²) >= 11 is 1.63. The lowest BCUT2D eigenvalue weighted by Gasteiger charge is -2.11. The molecule has 4 nitrogen and oxygen atoms in total. The van der Waals surface area contributed by atoms with Crippen LogP contribution in [0.15, 0.2) is 72.1 Å². The van der Waals surface area contributed by atoms with Crippen LogP contribution in [0.3, 0.4) is 0 Å². The van der Waals surface area contributed by atoms with Gasteiger partial charge in [0.25, 0.3) is 5.91 Å². The number of carbonyl (C=O) groups is 1. The molecular formula is C23H20N2O2S. The summed E-state index contributed by atoms with van der Waals surface area (Å²) in [5, 5.41) is 5.88. The fourth-order valence-electron chi connectivity index (χ4n) is 3.08. The van der Waals surface area contributed by atoms with Gasteiger partial charge in [0.1, 0.15) is 5.75 Å². The van der Waals surface area contributed by atoms with Gasteiger partial charge in [0, 0.05) is 15.8 Å². The van der Waals surface area contributed by atoms with E-state index in [1.54, 1.807) is 11.3 Å². The molecule has 28 heavy (non-hydrogen) atoms. The van der Waals surface area contributed by atoms with Crippen LogP contribution in [0.25, 0.3) is 22.2 Å². The quantitative estimate of drug-likeness (QED) is 0.488. The molecule has 0 radical (unpaired) electrons. The second-order valence-electron chi connectivity index (χ2n) is 6.29. The maximum absolute atomic E-state index is 12.9. The average Bonchev–Trinajstić information content (AvgIpc) is 3.26. The van der Waals surface area contributed by atoms with Crippen LogP contribution >= 0.6 is 11.3 Å². The van der Waals surface area contributed by atoms with E-state index in [2.05, 4.69) is 5.32 Å². The summed E-state index contributed by atoms with van der Waals surface area (Å²) in [6.45, 7) is 3.10. The Morgan fingerprint density at radius 1 is 1.07 bits per heavy atom. The standard InChI is InChI=1S/C23H20N2O2S/c1-2-27-17-11-9-16(10-12-17)22-14-20(19-7-3-4-8-21(19)25-22)23(26)24-15-18-6-5-13-28-18/h3-14H,2,15H2,1H3,(H,24,26). The van der Waals surface area contributed by atoms with E-state index in [1.807, 2.05) is 79.0 Å². The van der Waals surface area contributed by atoms with Crippen molar-refractivity contribution in [3.8, 4) is 17.0 Å². The number of pyridine rings is 1. The molecule has 4 aromatic rings. The van der Waals surface area contributed by atoms with E-state index in [4.69, 9.17) is 9.72 Å². The SMILES string of the molecule is CCOc1ccc(-c2cc(C(=O)NCc3cccs3)c3ccccc3n2)cc1. The van der Waals surface area contributed by atoms with Gasteiger partial charge in [-0.2, -0.15) is 0 Å². The number of carbonyl (C=O) groups excluding carboxylic acids is 1. The summed E-state index contributed by atoms with van der Waals surface area (Å²) in [4.78, 5) is 18.8. The number of amides is 1. The van der Waals surface area contributed by atoms with Crippen LogP contribution in [0.2, 0.25) is 0 Å². The lowest BCUT2D eigenvalue weighted by Crippen LogP contribution is -2.22. The van der Waals surface area contributed by atoms with Crippen LogP contribution in [0, 0.1) is 0 Å². The van der Waals surface area contributed by atoms with E-state index < -0.39 is 0 Å². The Balaban J connectivity index is 1.69. The molecule has 0 saturated heterocycles. The molecule has 0 spiro atoms. The molecule has 0 aliphatic heterocycles. The Labute approximate surface area is 167 Å². The number of fused-ring (bicyclic) bond motifs is 1. The van der Waals surface area contributed by atoms with Crippen LogP contribution in [-0.2, 0) is 6.54 Å². The van der Waals surface area contributed by atoms with Crippen LogP contribution in [0.1, 0.15) is 22.2 Å². The monoisotopic (exact) mass is 388 g/mol. The molecule has 1 amide bonds. The number of rotatable bonds is 6. The minimum atomic E-state index is -0.0980. The van der Waals surface area contributed by atoms with E-state index >= 15 is 0 Å². The number of ether oxygens (including phenoxy) is 1. The first-order valence-corrected chi connectivity index (χ1v) is 10.1. The lowest BCUT2D eigenvalue weighted by atomic mass is 10.0. The third kappa shape index (κ3) is 3.89. The van der Waals surface area contributed by atoms with Gasteiger partial charge in [-0.1, -0.05) is 24.3 Å². The number of aromatic nitrogens is 1. The first kappa shape index (κ1) is 18.2. The van der Waals surface area contributed by atoms with Gasteiger partial charge in [0.15, 0.2) is 0 Å². The summed E-state index contributed by atoms with van der Waals surface area (Å²) in [5.41, 5.74) is 3.14. The van der Waals surface area contributed by atoms with E-state index in [-0.39, 0.29) is 5.91 Å². The molecule has 0 saturated carbocycles. The van der Waals surface area contributed by atoms with E-state index in [1.165, 1.54) is 0 Å². The Morgan fingerprint density at radius 3 is 2.64 bits per heavy atom. The van der Waals surface area contributed by atoms with Crippen molar-refractivity contribution in [3.05, 3.63) is 82.6 Å². The molecule has 2 aromatic heterocycles. The smallest absolute Gasteiger partial charge is 0.252 e. The summed E-state index contributed by atoms with van der Waals surface area (Å²) in [6.07, 6.45) is 0. The van der Waals surface area contributed by atoms with Crippen molar-refractivity contribution >= 4 is 28.1 Å². The van der Waals surface area contributed by atoms with Crippen molar-refractivity contribution in [1.29, 1.82) is 0 Å². The van der Waals surface area contributed by atoms with Crippen LogP contribution in [0.4, 0.5) is 0 Å². The maximum atomic E-state index is 12.9.